The molecule has 3 aromatic heterocycles. The minimum atomic E-state index is -0.250. The predicted molar refractivity (Wildman–Crippen MR) is 309 cm³/mol. The lowest BCUT2D eigenvalue weighted by molar-refractivity contribution is 1.11. The molecule has 75 heavy (non-hydrogen) atoms. The summed E-state index contributed by atoms with van der Waals surface area (Å²) in [6, 6.07) is 89.5. The molecule has 0 atom stereocenters. The maximum absolute atomic E-state index is 12.1. The van der Waals surface area contributed by atoms with Crippen LogP contribution in [0.4, 0.5) is 17.1 Å². The number of hydrogen-bond donors (Lipinski definition) is 0. The lowest BCUT2D eigenvalue weighted by atomic mass is 9.34. The molecule has 0 spiro atoms. The van der Waals surface area contributed by atoms with Gasteiger partial charge in [-0.25, -0.2) is 0 Å². The van der Waals surface area contributed by atoms with E-state index in [9.17, 15) is 10.5 Å². The minimum absolute atomic E-state index is 0.250. The summed E-state index contributed by atoms with van der Waals surface area (Å²) in [5.41, 5.74) is 19.9. The fourth-order valence-corrected chi connectivity index (χ4v) is 13.1. The Morgan fingerprint density at radius 3 is 1.31 bits per heavy atom. The number of nitrogens with zero attached hydrogens (tertiary/aromatic N) is 6. The van der Waals surface area contributed by atoms with Gasteiger partial charge in [0.25, 0.3) is 6.71 Å². The van der Waals surface area contributed by atoms with Gasteiger partial charge in [-0.1, -0.05) is 170 Å². The lowest BCUT2D eigenvalue weighted by Gasteiger charge is -2.37. The van der Waals surface area contributed by atoms with Crippen molar-refractivity contribution in [3.8, 4) is 51.5 Å². The molecule has 0 saturated carbocycles. The first-order valence-corrected chi connectivity index (χ1v) is 25.4. The highest BCUT2D eigenvalue weighted by Gasteiger charge is 2.45. The number of hydrogen-bond acceptors (Lipinski definition) is 3. The third kappa shape index (κ3) is 5.61. The number of benzene rings is 11. The van der Waals surface area contributed by atoms with E-state index in [4.69, 9.17) is 0 Å². The molecule has 0 amide bonds. The second-order valence-corrected chi connectivity index (χ2v) is 19.8. The number of nitriles is 2. The van der Waals surface area contributed by atoms with Crippen molar-refractivity contribution >= 4 is 106 Å². The van der Waals surface area contributed by atoms with Crippen LogP contribution >= 0.6 is 0 Å². The van der Waals surface area contributed by atoms with E-state index in [2.05, 4.69) is 249 Å². The smallest absolute Gasteiger partial charge is 0.252 e. The van der Waals surface area contributed by atoms with E-state index in [0.717, 1.165) is 132 Å². The first-order chi connectivity index (χ1) is 37.2. The van der Waals surface area contributed by atoms with Gasteiger partial charge in [0.05, 0.1) is 39.1 Å². The normalized spacial score (nSPS) is 12.2. The first kappa shape index (κ1) is 41.3. The molecule has 0 N–H and O–H groups in total. The number of aromatic nitrogens is 3. The Bertz CT molecular complexity index is 4640. The summed E-state index contributed by atoms with van der Waals surface area (Å²) in [5, 5.41) is 30.9. The third-order valence-corrected chi connectivity index (χ3v) is 16.0. The van der Waals surface area contributed by atoms with Crippen molar-refractivity contribution in [3.05, 3.63) is 248 Å². The Hall–Kier alpha value is -10.3. The number of anilines is 3. The van der Waals surface area contributed by atoms with Crippen LogP contribution in [0, 0.1) is 22.7 Å². The summed E-state index contributed by atoms with van der Waals surface area (Å²) in [7, 11) is 0. The number of rotatable bonds is 6. The maximum atomic E-state index is 12.1. The van der Waals surface area contributed by atoms with Crippen LogP contribution in [-0.4, -0.2) is 20.4 Å². The molecule has 0 unspecified atom stereocenters. The molecule has 0 bridgehead atoms. The van der Waals surface area contributed by atoms with Crippen molar-refractivity contribution in [1.82, 2.24) is 13.7 Å². The standard InChI is InChI=1S/C68H39BN6/c70-40-55-64(56(41-71)68-63-67(55)74-60-32-14-10-24-49(60)52-27-16-29-57(65(52)74)69(63)58-30-17-28-53-50-25-11-15-33-61(50)75(68)66(53)58)72(46-22-8-3-9-23-46)47-34-35-62-54(39-47)51-26-12-13-31-59(51)73(62)48-37-44(42-18-4-1-5-19-42)36-45(38-48)43-20-6-2-7-21-43/h1-39H. The Kier molecular flexibility index (Phi) is 8.58. The van der Waals surface area contributed by atoms with Gasteiger partial charge >= 0.3 is 0 Å². The van der Waals surface area contributed by atoms with Gasteiger partial charge in [0.15, 0.2) is 0 Å². The zero-order chi connectivity index (χ0) is 49.5. The third-order valence-electron chi connectivity index (χ3n) is 16.0. The molecule has 2 aliphatic rings. The highest BCUT2D eigenvalue weighted by Crippen LogP contribution is 2.49. The van der Waals surface area contributed by atoms with Crippen LogP contribution in [0.2, 0.25) is 0 Å². The predicted octanol–water partition coefficient (Wildman–Crippen LogP) is 14.7. The van der Waals surface area contributed by atoms with Crippen LogP contribution in [-0.2, 0) is 0 Å². The van der Waals surface area contributed by atoms with Crippen molar-refractivity contribution in [2.45, 2.75) is 0 Å². The van der Waals surface area contributed by atoms with Crippen LogP contribution in [0.1, 0.15) is 11.1 Å². The van der Waals surface area contributed by atoms with E-state index in [0.29, 0.717) is 16.8 Å². The summed E-state index contributed by atoms with van der Waals surface area (Å²) in [6.07, 6.45) is 0. The maximum Gasteiger partial charge on any atom is 0.252 e. The Morgan fingerprint density at radius 1 is 0.347 bits per heavy atom. The van der Waals surface area contributed by atoms with Crippen LogP contribution in [0.15, 0.2) is 237 Å². The van der Waals surface area contributed by atoms with Crippen molar-refractivity contribution < 1.29 is 0 Å². The van der Waals surface area contributed by atoms with Crippen molar-refractivity contribution in [1.29, 1.82) is 10.5 Å². The van der Waals surface area contributed by atoms with Gasteiger partial charge in [0, 0.05) is 60.4 Å². The van der Waals surface area contributed by atoms with Crippen LogP contribution in [0.25, 0.3) is 105 Å². The van der Waals surface area contributed by atoms with Gasteiger partial charge in [-0.15, -0.1) is 0 Å². The molecule has 6 nitrogen and oxygen atoms in total. The van der Waals surface area contributed by atoms with Crippen molar-refractivity contribution in [3.63, 3.8) is 0 Å². The average Bonchev–Trinajstić information content (AvgIpc) is 4.22. The second-order valence-electron chi connectivity index (χ2n) is 19.8. The molecule has 14 aromatic rings. The summed E-state index contributed by atoms with van der Waals surface area (Å²) in [6.45, 7) is -0.250. The Balaban J connectivity index is 1.03. The van der Waals surface area contributed by atoms with Gasteiger partial charge in [-0.2, -0.15) is 10.5 Å². The molecular weight excluding hydrogens is 912 g/mol. The lowest BCUT2D eigenvalue weighted by Crippen LogP contribution is -2.60. The Morgan fingerprint density at radius 2 is 0.787 bits per heavy atom. The Labute approximate surface area is 431 Å². The topological polar surface area (TPSA) is 65.6 Å². The zero-order valence-electron chi connectivity index (χ0n) is 40.3. The van der Waals surface area contributed by atoms with Crippen molar-refractivity contribution in [2.24, 2.45) is 0 Å². The fourth-order valence-electron chi connectivity index (χ4n) is 13.1. The highest BCUT2D eigenvalue weighted by atomic mass is 15.2. The van der Waals surface area contributed by atoms with E-state index < -0.39 is 0 Å². The second kappa shape index (κ2) is 15.6. The van der Waals surface area contributed by atoms with Crippen LogP contribution in [0.3, 0.4) is 0 Å². The summed E-state index contributed by atoms with van der Waals surface area (Å²) in [5.74, 6) is 0. The molecule has 5 heterocycles. The monoisotopic (exact) mass is 950 g/mol. The molecule has 11 aromatic carbocycles. The summed E-state index contributed by atoms with van der Waals surface area (Å²) >= 11 is 0. The van der Waals surface area contributed by atoms with Gasteiger partial charge < -0.3 is 18.6 Å². The zero-order valence-corrected chi connectivity index (χ0v) is 40.3. The first-order valence-electron chi connectivity index (χ1n) is 25.4. The van der Waals surface area contributed by atoms with E-state index >= 15 is 0 Å². The van der Waals surface area contributed by atoms with Crippen LogP contribution in [0.5, 0.6) is 0 Å². The van der Waals surface area contributed by atoms with Gasteiger partial charge in [0.2, 0.25) is 0 Å². The largest absolute Gasteiger partial charge is 0.309 e. The molecule has 7 heteroatoms. The summed E-state index contributed by atoms with van der Waals surface area (Å²) in [4.78, 5) is 2.17. The average molecular weight is 951 g/mol. The minimum Gasteiger partial charge on any atom is -0.309 e. The molecule has 0 aliphatic carbocycles. The van der Waals surface area contributed by atoms with E-state index in [1.165, 1.54) is 0 Å². The van der Waals surface area contributed by atoms with Gasteiger partial charge in [-0.05, 0) is 105 Å². The molecular formula is C68H39BN6. The number of para-hydroxylation sites is 6. The number of fused-ring (bicyclic) bond motifs is 13. The molecule has 0 fully saturated rings. The SMILES string of the molecule is N#Cc1c(N(c2ccccc2)c2ccc3c(c2)c2ccccc2n3-c2cc(-c3ccccc3)cc(-c3ccccc3)c2)c(C#N)c2c3c1-n1c4ccccc4c4cccc(c41)B3c1cccc3c4ccccc4n-2c13. The van der Waals surface area contributed by atoms with Gasteiger partial charge in [-0.3, -0.25) is 0 Å². The van der Waals surface area contributed by atoms with E-state index in [-0.39, 0.29) is 6.71 Å². The molecule has 16 rings (SSSR count). The van der Waals surface area contributed by atoms with E-state index in [1.54, 1.807) is 0 Å². The van der Waals surface area contributed by atoms with Gasteiger partial charge in [0.1, 0.15) is 23.3 Å². The molecule has 344 valence electrons. The van der Waals surface area contributed by atoms with Crippen molar-refractivity contribution in [2.75, 3.05) is 4.90 Å². The fraction of sp³-hybridized carbons (Fsp3) is 0. The highest BCUT2D eigenvalue weighted by molar-refractivity contribution is 7.00. The van der Waals surface area contributed by atoms with Crippen LogP contribution < -0.4 is 21.3 Å². The molecule has 2 aliphatic heterocycles. The van der Waals surface area contributed by atoms with E-state index in [1.807, 2.05) is 18.2 Å². The quantitative estimate of drug-likeness (QED) is 0.156. The molecule has 0 saturated heterocycles. The summed E-state index contributed by atoms with van der Waals surface area (Å²) < 4.78 is 7.05. The molecule has 0 radical (unpaired) electrons.